The highest BCUT2D eigenvalue weighted by atomic mass is 16.5. The van der Waals surface area contributed by atoms with E-state index in [1.54, 1.807) is 0 Å². The van der Waals surface area contributed by atoms with E-state index in [1.165, 1.54) is 11.9 Å². The highest BCUT2D eigenvalue weighted by Crippen LogP contribution is 2.32. The van der Waals surface area contributed by atoms with Gasteiger partial charge in [-0.25, -0.2) is 4.79 Å². The van der Waals surface area contributed by atoms with Crippen LogP contribution in [-0.2, 0) is 4.74 Å². The minimum atomic E-state index is -0.989. The van der Waals surface area contributed by atoms with Gasteiger partial charge in [0.1, 0.15) is 12.2 Å². The summed E-state index contributed by atoms with van der Waals surface area (Å²) in [6.07, 6.45) is -1.93. The lowest BCUT2D eigenvalue weighted by Crippen LogP contribution is -2.33. The molecule has 2 unspecified atom stereocenters. The molecule has 92 valence electrons. The number of nitrogens with zero attached hydrogens (tertiary/aromatic N) is 1. The fourth-order valence-electron chi connectivity index (χ4n) is 1.97. The lowest BCUT2D eigenvalue weighted by molar-refractivity contribution is -0.0389. The summed E-state index contributed by atoms with van der Waals surface area (Å²) in [7, 11) is 1.50. The van der Waals surface area contributed by atoms with Gasteiger partial charge in [-0.1, -0.05) is 24.3 Å². The average Bonchev–Trinajstić information content (AvgIpc) is 2.33. The molecule has 1 amide bonds. The number of carbonyl (C=O) groups is 1. The molecular formula is C12H15NO4. The molecule has 1 heterocycles. The van der Waals surface area contributed by atoms with Crippen molar-refractivity contribution in [3.63, 3.8) is 0 Å². The smallest absolute Gasteiger partial charge is 0.407 e. The average molecular weight is 237 g/mol. The van der Waals surface area contributed by atoms with Crippen molar-refractivity contribution in [1.82, 2.24) is 4.90 Å². The van der Waals surface area contributed by atoms with Crippen LogP contribution in [0.25, 0.3) is 0 Å². The molecule has 1 aliphatic rings. The molecular weight excluding hydrogens is 222 g/mol. The van der Waals surface area contributed by atoms with Crippen LogP contribution in [0.4, 0.5) is 4.79 Å². The Labute approximate surface area is 99.2 Å². The van der Waals surface area contributed by atoms with Gasteiger partial charge in [-0.05, 0) is 11.1 Å². The van der Waals surface area contributed by atoms with Crippen LogP contribution in [0, 0.1) is 0 Å². The molecule has 1 aliphatic heterocycles. The number of aliphatic hydroxyl groups is 1. The molecule has 2 N–H and O–H groups in total. The molecule has 5 heteroatoms. The number of aliphatic hydroxyl groups excluding tert-OH is 1. The summed E-state index contributed by atoms with van der Waals surface area (Å²) in [6.45, 7) is 0.466. The van der Waals surface area contributed by atoms with Crippen molar-refractivity contribution in [2.45, 2.75) is 12.2 Å². The number of fused-ring (bicyclic) bond motifs is 1. The van der Waals surface area contributed by atoms with Crippen molar-refractivity contribution in [2.24, 2.45) is 0 Å². The van der Waals surface area contributed by atoms with E-state index in [1.807, 2.05) is 24.3 Å². The molecule has 0 spiro atoms. The van der Waals surface area contributed by atoms with E-state index < -0.39 is 12.2 Å². The second-order valence-corrected chi connectivity index (χ2v) is 4.13. The zero-order chi connectivity index (χ0) is 12.4. The predicted octanol–water partition coefficient (Wildman–Crippen LogP) is 1.40. The molecule has 1 aromatic carbocycles. The highest BCUT2D eigenvalue weighted by molar-refractivity contribution is 5.64. The molecule has 2 atom stereocenters. The minimum absolute atomic E-state index is 0.204. The third-order valence-electron chi connectivity index (χ3n) is 2.92. The van der Waals surface area contributed by atoms with E-state index in [0.717, 1.165) is 11.1 Å². The maximum absolute atomic E-state index is 10.8. The first-order chi connectivity index (χ1) is 8.09. The van der Waals surface area contributed by atoms with Crippen LogP contribution in [0.15, 0.2) is 24.3 Å². The normalized spacial score (nSPS) is 22.9. The zero-order valence-electron chi connectivity index (χ0n) is 9.54. The molecule has 1 aromatic rings. The Hall–Kier alpha value is -1.59. The summed E-state index contributed by atoms with van der Waals surface area (Å²) >= 11 is 0. The Morgan fingerprint density at radius 3 is 2.76 bits per heavy atom. The molecule has 5 nitrogen and oxygen atoms in total. The first-order valence-electron chi connectivity index (χ1n) is 5.42. The Bertz CT molecular complexity index is 421. The van der Waals surface area contributed by atoms with E-state index >= 15 is 0 Å². The largest absolute Gasteiger partial charge is 0.465 e. The van der Waals surface area contributed by atoms with E-state index in [0.29, 0.717) is 0 Å². The van der Waals surface area contributed by atoms with E-state index in [2.05, 4.69) is 0 Å². The summed E-state index contributed by atoms with van der Waals surface area (Å²) in [5.74, 6) is 0. The summed E-state index contributed by atoms with van der Waals surface area (Å²) in [4.78, 5) is 11.9. The van der Waals surface area contributed by atoms with Gasteiger partial charge < -0.3 is 19.8 Å². The molecule has 17 heavy (non-hydrogen) atoms. The van der Waals surface area contributed by atoms with E-state index in [9.17, 15) is 9.90 Å². The summed E-state index contributed by atoms with van der Waals surface area (Å²) in [5.41, 5.74) is 1.68. The Balaban J connectivity index is 2.21. The molecule has 2 rings (SSSR count). The van der Waals surface area contributed by atoms with Crippen molar-refractivity contribution < 1.29 is 19.7 Å². The van der Waals surface area contributed by atoms with E-state index in [4.69, 9.17) is 9.84 Å². The topological polar surface area (TPSA) is 70.0 Å². The van der Waals surface area contributed by atoms with Crippen molar-refractivity contribution in [2.75, 3.05) is 20.2 Å². The predicted molar refractivity (Wildman–Crippen MR) is 60.7 cm³/mol. The van der Waals surface area contributed by atoms with Gasteiger partial charge in [-0.2, -0.15) is 0 Å². The third kappa shape index (κ3) is 2.40. The first-order valence-corrected chi connectivity index (χ1v) is 5.42. The van der Waals surface area contributed by atoms with Crippen LogP contribution in [0.3, 0.4) is 0 Å². The molecule has 0 saturated heterocycles. The Morgan fingerprint density at radius 2 is 2.12 bits per heavy atom. The number of benzene rings is 1. The zero-order valence-corrected chi connectivity index (χ0v) is 9.54. The maximum atomic E-state index is 10.8. The molecule has 0 aromatic heterocycles. The van der Waals surface area contributed by atoms with Crippen molar-refractivity contribution in [1.29, 1.82) is 0 Å². The van der Waals surface area contributed by atoms with Gasteiger partial charge in [0.2, 0.25) is 0 Å². The monoisotopic (exact) mass is 237 g/mol. The first kappa shape index (κ1) is 11.9. The summed E-state index contributed by atoms with van der Waals surface area (Å²) in [6, 6.07) is 7.41. The summed E-state index contributed by atoms with van der Waals surface area (Å²) < 4.78 is 5.48. The fraction of sp³-hybridized carbons (Fsp3) is 0.417. The second-order valence-electron chi connectivity index (χ2n) is 4.13. The molecule has 0 radical (unpaired) electrons. The number of amides is 1. The lowest BCUT2D eigenvalue weighted by Gasteiger charge is -2.31. The van der Waals surface area contributed by atoms with Crippen LogP contribution >= 0.6 is 0 Å². The number of likely N-dealkylation sites (N-methyl/N-ethyl adjacent to an activating group) is 1. The van der Waals surface area contributed by atoms with Gasteiger partial charge in [-0.15, -0.1) is 0 Å². The van der Waals surface area contributed by atoms with Crippen LogP contribution in [0.2, 0.25) is 0 Å². The van der Waals surface area contributed by atoms with Gasteiger partial charge >= 0.3 is 6.09 Å². The van der Waals surface area contributed by atoms with Gasteiger partial charge in [0.25, 0.3) is 0 Å². The number of carboxylic acid groups (broad SMARTS) is 1. The summed E-state index contributed by atoms with van der Waals surface area (Å²) in [5, 5.41) is 18.6. The number of hydrogen-bond donors (Lipinski definition) is 2. The van der Waals surface area contributed by atoms with Crippen molar-refractivity contribution in [3.8, 4) is 0 Å². The molecule has 0 saturated carbocycles. The maximum Gasteiger partial charge on any atom is 0.407 e. The van der Waals surface area contributed by atoms with Gasteiger partial charge in [-0.3, -0.25) is 0 Å². The quantitative estimate of drug-likeness (QED) is 0.815. The van der Waals surface area contributed by atoms with Crippen LogP contribution in [0.1, 0.15) is 23.3 Å². The van der Waals surface area contributed by atoms with E-state index in [-0.39, 0.29) is 19.3 Å². The van der Waals surface area contributed by atoms with Gasteiger partial charge in [0.05, 0.1) is 13.2 Å². The van der Waals surface area contributed by atoms with Crippen LogP contribution < -0.4 is 0 Å². The fourth-order valence-corrected chi connectivity index (χ4v) is 1.97. The Kier molecular flexibility index (Phi) is 3.31. The second kappa shape index (κ2) is 4.73. The number of hydrogen-bond acceptors (Lipinski definition) is 3. The Morgan fingerprint density at radius 1 is 1.47 bits per heavy atom. The minimum Gasteiger partial charge on any atom is -0.465 e. The molecule has 0 bridgehead atoms. The van der Waals surface area contributed by atoms with Gasteiger partial charge in [0, 0.05) is 7.05 Å². The van der Waals surface area contributed by atoms with Crippen LogP contribution in [-0.4, -0.2) is 41.4 Å². The number of ether oxygens (including phenoxy) is 1. The van der Waals surface area contributed by atoms with Crippen LogP contribution in [0.5, 0.6) is 0 Å². The van der Waals surface area contributed by atoms with Crippen molar-refractivity contribution >= 4 is 6.09 Å². The highest BCUT2D eigenvalue weighted by Gasteiger charge is 2.27. The third-order valence-corrected chi connectivity index (χ3v) is 2.92. The van der Waals surface area contributed by atoms with Crippen molar-refractivity contribution in [3.05, 3.63) is 35.4 Å². The standard InChI is InChI=1S/C12H15NO4/c1-13(12(15)16)6-11-9-5-3-2-4-8(9)10(14)7-17-11/h2-5,10-11,14H,6-7H2,1H3,(H,15,16). The van der Waals surface area contributed by atoms with Gasteiger partial charge in [0.15, 0.2) is 0 Å². The lowest BCUT2D eigenvalue weighted by atomic mass is 9.95. The SMILES string of the molecule is CN(CC1OCC(O)c2ccccc21)C(=O)O. The molecule has 0 fully saturated rings. The molecule has 0 aliphatic carbocycles. The number of rotatable bonds is 2.